The molecule has 0 aliphatic heterocycles. The molecular weight excluding hydrogens is 425 g/mol. The van der Waals surface area contributed by atoms with Gasteiger partial charge in [0.15, 0.2) is 11.6 Å². The normalized spacial score (nSPS) is 11.0. The van der Waals surface area contributed by atoms with Crippen LogP contribution in [0.15, 0.2) is 60.8 Å². The number of nitrogens with two attached hydrogens (primary N) is 1. The van der Waals surface area contributed by atoms with E-state index in [4.69, 9.17) is 10.5 Å². The van der Waals surface area contributed by atoms with E-state index in [1.807, 2.05) is 42.7 Å². The molecule has 0 saturated heterocycles. The van der Waals surface area contributed by atoms with Crippen molar-refractivity contribution in [2.24, 2.45) is 5.73 Å². The molecule has 33 heavy (non-hydrogen) atoms. The Kier molecular flexibility index (Phi) is 6.03. The standard InChI is InChI=1S/C24H22FN5O3/c1-14(2)30-19-8-4-3-7-18(19)28-24(30)29-21(31)13-15-9-10-20(17(25)12-15)33-23-16(22(26)32)6-5-11-27-23/h3-12,14H,13H2,1-2H3,(H2,26,32)(H,28,29,31). The largest absolute Gasteiger partial charge is 0.435 e. The van der Waals surface area contributed by atoms with Crippen LogP contribution in [0, 0.1) is 5.82 Å². The maximum Gasteiger partial charge on any atom is 0.254 e. The molecule has 2 amide bonds. The fourth-order valence-electron chi connectivity index (χ4n) is 3.51. The van der Waals surface area contributed by atoms with Gasteiger partial charge in [0.05, 0.1) is 17.5 Å². The number of carbonyl (C=O) groups excluding carboxylic acids is 2. The monoisotopic (exact) mass is 447 g/mol. The molecule has 0 atom stereocenters. The van der Waals surface area contributed by atoms with E-state index in [-0.39, 0.29) is 35.6 Å². The maximum atomic E-state index is 14.6. The number of ether oxygens (including phenoxy) is 1. The summed E-state index contributed by atoms with van der Waals surface area (Å²) in [5, 5.41) is 2.82. The van der Waals surface area contributed by atoms with Gasteiger partial charge in [-0.3, -0.25) is 14.9 Å². The zero-order valence-corrected chi connectivity index (χ0v) is 18.1. The van der Waals surface area contributed by atoms with Crippen LogP contribution in [-0.2, 0) is 11.2 Å². The molecule has 0 bridgehead atoms. The third-order valence-corrected chi connectivity index (χ3v) is 4.97. The minimum absolute atomic E-state index is 0.0356. The molecule has 168 valence electrons. The van der Waals surface area contributed by atoms with Crippen LogP contribution < -0.4 is 15.8 Å². The quantitative estimate of drug-likeness (QED) is 0.440. The lowest BCUT2D eigenvalue weighted by Crippen LogP contribution is -2.18. The number of benzene rings is 2. The van der Waals surface area contributed by atoms with Gasteiger partial charge >= 0.3 is 0 Å². The number of hydrogen-bond donors (Lipinski definition) is 2. The fraction of sp³-hybridized carbons (Fsp3) is 0.167. The molecule has 4 aromatic rings. The van der Waals surface area contributed by atoms with E-state index in [9.17, 15) is 14.0 Å². The van der Waals surface area contributed by atoms with E-state index >= 15 is 0 Å². The number of fused-ring (bicyclic) bond motifs is 1. The summed E-state index contributed by atoms with van der Waals surface area (Å²) in [6.07, 6.45) is 1.34. The molecule has 0 aliphatic rings. The molecular formula is C24H22FN5O3. The zero-order chi connectivity index (χ0) is 23.5. The van der Waals surface area contributed by atoms with Crippen molar-refractivity contribution in [2.45, 2.75) is 26.3 Å². The molecule has 0 saturated carbocycles. The summed E-state index contributed by atoms with van der Waals surface area (Å²) in [7, 11) is 0. The highest BCUT2D eigenvalue weighted by Crippen LogP contribution is 2.27. The van der Waals surface area contributed by atoms with Gasteiger partial charge in [-0.1, -0.05) is 18.2 Å². The number of pyridine rings is 1. The van der Waals surface area contributed by atoms with Gasteiger partial charge in [-0.05, 0) is 55.8 Å². The number of nitrogens with zero attached hydrogens (tertiary/aromatic N) is 3. The van der Waals surface area contributed by atoms with Crippen molar-refractivity contribution >= 4 is 28.8 Å². The molecule has 2 aromatic heterocycles. The summed E-state index contributed by atoms with van der Waals surface area (Å²) >= 11 is 0. The second-order valence-corrected chi connectivity index (χ2v) is 7.70. The van der Waals surface area contributed by atoms with Crippen LogP contribution in [0.5, 0.6) is 11.6 Å². The first-order chi connectivity index (χ1) is 15.8. The number of hydrogen-bond acceptors (Lipinski definition) is 5. The zero-order valence-electron chi connectivity index (χ0n) is 18.1. The van der Waals surface area contributed by atoms with Gasteiger partial charge in [0.25, 0.3) is 5.91 Å². The third kappa shape index (κ3) is 4.67. The number of carbonyl (C=O) groups is 2. The number of imidazole rings is 1. The number of halogens is 1. The van der Waals surface area contributed by atoms with E-state index in [1.54, 1.807) is 6.07 Å². The lowest BCUT2D eigenvalue weighted by atomic mass is 10.1. The second-order valence-electron chi connectivity index (χ2n) is 7.70. The average molecular weight is 447 g/mol. The minimum Gasteiger partial charge on any atom is -0.435 e. The van der Waals surface area contributed by atoms with Gasteiger partial charge in [-0.2, -0.15) is 0 Å². The summed E-state index contributed by atoms with van der Waals surface area (Å²) in [6, 6.07) is 14.8. The van der Waals surface area contributed by atoms with Gasteiger partial charge in [-0.25, -0.2) is 14.4 Å². The highest BCUT2D eigenvalue weighted by atomic mass is 19.1. The number of para-hydroxylation sites is 2. The Balaban J connectivity index is 1.50. The highest BCUT2D eigenvalue weighted by Gasteiger charge is 2.17. The predicted octanol–water partition coefficient (Wildman–Crippen LogP) is 4.22. The smallest absolute Gasteiger partial charge is 0.254 e. The van der Waals surface area contributed by atoms with E-state index in [0.29, 0.717) is 11.5 Å². The van der Waals surface area contributed by atoms with Crippen LogP contribution in [0.3, 0.4) is 0 Å². The highest BCUT2D eigenvalue weighted by molar-refractivity contribution is 5.95. The SMILES string of the molecule is CC(C)n1c(NC(=O)Cc2ccc(Oc3ncccc3C(N)=O)c(F)c2)nc2ccccc21. The number of aromatic nitrogens is 3. The molecule has 0 unspecified atom stereocenters. The van der Waals surface area contributed by atoms with Crippen molar-refractivity contribution in [3.63, 3.8) is 0 Å². The molecule has 2 aromatic carbocycles. The topological polar surface area (TPSA) is 112 Å². The van der Waals surface area contributed by atoms with Crippen molar-refractivity contribution in [1.29, 1.82) is 0 Å². The molecule has 0 spiro atoms. The number of anilines is 1. The first kappa shape index (κ1) is 21.9. The lowest BCUT2D eigenvalue weighted by Gasteiger charge is -2.13. The number of nitrogens with one attached hydrogen (secondary N) is 1. The predicted molar refractivity (Wildman–Crippen MR) is 122 cm³/mol. The van der Waals surface area contributed by atoms with Crippen LogP contribution in [0.1, 0.15) is 35.8 Å². The molecule has 0 aliphatic carbocycles. The Morgan fingerprint density at radius 3 is 2.67 bits per heavy atom. The molecule has 8 nitrogen and oxygen atoms in total. The molecule has 9 heteroatoms. The van der Waals surface area contributed by atoms with Crippen LogP contribution >= 0.6 is 0 Å². The number of primary amides is 1. The Bertz CT molecular complexity index is 1350. The van der Waals surface area contributed by atoms with Gasteiger partial charge in [0.1, 0.15) is 5.56 Å². The molecule has 0 radical (unpaired) electrons. The molecule has 2 heterocycles. The van der Waals surface area contributed by atoms with Gasteiger partial charge < -0.3 is 15.0 Å². The van der Waals surface area contributed by atoms with Crippen molar-refractivity contribution in [2.75, 3.05) is 5.32 Å². The fourth-order valence-corrected chi connectivity index (χ4v) is 3.51. The average Bonchev–Trinajstić information content (AvgIpc) is 3.13. The second kappa shape index (κ2) is 9.07. The first-order valence-electron chi connectivity index (χ1n) is 10.3. The molecule has 4 rings (SSSR count). The Morgan fingerprint density at radius 1 is 1.15 bits per heavy atom. The minimum atomic E-state index is -0.737. The molecule has 0 fully saturated rings. The van der Waals surface area contributed by atoms with Crippen molar-refractivity contribution in [3.8, 4) is 11.6 Å². The van der Waals surface area contributed by atoms with Crippen LogP contribution in [0.4, 0.5) is 10.3 Å². The van der Waals surface area contributed by atoms with Crippen molar-refractivity contribution < 1.29 is 18.7 Å². The first-order valence-corrected chi connectivity index (χ1v) is 10.3. The summed E-state index contributed by atoms with van der Waals surface area (Å²) < 4.78 is 22.0. The number of rotatable bonds is 7. The maximum absolute atomic E-state index is 14.6. The van der Waals surface area contributed by atoms with E-state index in [0.717, 1.165) is 11.0 Å². The Labute approximate surface area is 189 Å². The Hall–Kier alpha value is -4.27. The summed E-state index contributed by atoms with van der Waals surface area (Å²) in [6.45, 7) is 4.01. The third-order valence-electron chi connectivity index (χ3n) is 4.97. The van der Waals surface area contributed by atoms with E-state index in [1.165, 1.54) is 30.5 Å². The molecule has 3 N–H and O–H groups in total. The van der Waals surface area contributed by atoms with Gasteiger partial charge in [0, 0.05) is 12.2 Å². The van der Waals surface area contributed by atoms with Crippen molar-refractivity contribution in [3.05, 3.63) is 77.7 Å². The lowest BCUT2D eigenvalue weighted by molar-refractivity contribution is -0.115. The van der Waals surface area contributed by atoms with Crippen LogP contribution in [0.25, 0.3) is 11.0 Å². The van der Waals surface area contributed by atoms with Crippen LogP contribution in [0.2, 0.25) is 0 Å². The van der Waals surface area contributed by atoms with Crippen molar-refractivity contribution in [1.82, 2.24) is 14.5 Å². The van der Waals surface area contributed by atoms with E-state index in [2.05, 4.69) is 15.3 Å². The number of amides is 2. The summed E-state index contributed by atoms with van der Waals surface area (Å²) in [4.78, 5) is 32.6. The van der Waals surface area contributed by atoms with Gasteiger partial charge in [0.2, 0.25) is 17.7 Å². The van der Waals surface area contributed by atoms with Gasteiger partial charge in [-0.15, -0.1) is 0 Å². The van der Waals surface area contributed by atoms with E-state index < -0.39 is 11.7 Å². The van der Waals surface area contributed by atoms with Crippen LogP contribution in [-0.4, -0.2) is 26.3 Å². The summed E-state index contributed by atoms with van der Waals surface area (Å²) in [5.74, 6) is -1.56. The summed E-state index contributed by atoms with van der Waals surface area (Å²) in [5.41, 5.74) is 7.47. The Morgan fingerprint density at radius 2 is 1.94 bits per heavy atom.